The minimum atomic E-state index is -0.483. The van der Waals surface area contributed by atoms with Crippen molar-refractivity contribution in [1.29, 1.82) is 0 Å². The first-order valence-electron chi connectivity index (χ1n) is 5.39. The smallest absolute Gasteiger partial charge is 0.232 e. The highest BCUT2D eigenvalue weighted by atomic mass is 79.9. The van der Waals surface area contributed by atoms with E-state index in [-0.39, 0.29) is 5.92 Å². The first-order chi connectivity index (χ1) is 8.11. The van der Waals surface area contributed by atoms with Gasteiger partial charge in [-0.25, -0.2) is 0 Å². The van der Waals surface area contributed by atoms with Gasteiger partial charge in [0.2, 0.25) is 11.7 Å². The van der Waals surface area contributed by atoms with Crippen molar-refractivity contribution in [3.8, 4) is 10.7 Å². The Morgan fingerprint density at radius 2 is 2.29 bits per heavy atom. The number of nitrogens with zero attached hydrogens (tertiary/aromatic N) is 2. The summed E-state index contributed by atoms with van der Waals surface area (Å²) in [4.78, 5) is 5.29. The molecule has 1 N–H and O–H groups in total. The molecule has 6 heteroatoms. The third kappa shape index (κ3) is 2.75. The van der Waals surface area contributed by atoms with E-state index < -0.39 is 6.10 Å². The fourth-order valence-corrected chi connectivity index (χ4v) is 2.95. The summed E-state index contributed by atoms with van der Waals surface area (Å²) < 4.78 is 6.24. The Morgan fingerprint density at radius 3 is 2.82 bits per heavy atom. The fraction of sp³-hybridized carbons (Fsp3) is 0.455. The molecule has 2 aromatic heterocycles. The van der Waals surface area contributed by atoms with Gasteiger partial charge in [0.1, 0.15) is 0 Å². The van der Waals surface area contributed by atoms with Gasteiger partial charge >= 0.3 is 0 Å². The molecule has 17 heavy (non-hydrogen) atoms. The van der Waals surface area contributed by atoms with Crippen molar-refractivity contribution >= 4 is 27.3 Å². The molecular weight excluding hydrogens is 304 g/mol. The van der Waals surface area contributed by atoms with Gasteiger partial charge in [-0.2, -0.15) is 4.98 Å². The molecule has 0 aliphatic heterocycles. The minimum Gasteiger partial charge on any atom is -0.393 e. The molecule has 0 fully saturated rings. The standard InChI is InChI=1S/C11H13BrN2O2S/c1-3-7(6(2)15)11-13-10(14-16-11)8-4-5-9(12)17-8/h4-7,15H,3H2,1-2H3. The third-order valence-corrected chi connectivity index (χ3v) is 4.19. The molecule has 2 aromatic rings. The molecule has 0 spiro atoms. The normalized spacial score (nSPS) is 14.8. The number of thiophene rings is 1. The van der Waals surface area contributed by atoms with Gasteiger partial charge in [0.25, 0.3) is 0 Å². The molecule has 0 amide bonds. The van der Waals surface area contributed by atoms with Crippen LogP contribution in [0.2, 0.25) is 0 Å². The van der Waals surface area contributed by atoms with Crippen LogP contribution in [0.1, 0.15) is 32.1 Å². The van der Waals surface area contributed by atoms with E-state index >= 15 is 0 Å². The molecule has 0 saturated carbocycles. The van der Waals surface area contributed by atoms with Crippen molar-refractivity contribution in [3.05, 3.63) is 21.8 Å². The SMILES string of the molecule is CCC(c1nc(-c2ccc(Br)s2)no1)C(C)O. The molecule has 0 aliphatic rings. The predicted molar refractivity (Wildman–Crippen MR) is 70.0 cm³/mol. The van der Waals surface area contributed by atoms with Gasteiger partial charge in [0, 0.05) is 0 Å². The molecule has 0 radical (unpaired) electrons. The molecule has 92 valence electrons. The predicted octanol–water partition coefficient (Wildman–Crippen LogP) is 3.44. The number of aliphatic hydroxyl groups excluding tert-OH is 1. The van der Waals surface area contributed by atoms with Crippen LogP contribution in [0, 0.1) is 0 Å². The molecule has 2 heterocycles. The van der Waals surface area contributed by atoms with Gasteiger partial charge in [-0.05, 0) is 41.4 Å². The Kier molecular flexibility index (Phi) is 3.96. The van der Waals surface area contributed by atoms with E-state index in [2.05, 4.69) is 26.1 Å². The molecule has 2 atom stereocenters. The quantitative estimate of drug-likeness (QED) is 0.938. The van der Waals surface area contributed by atoms with Gasteiger partial charge in [0.15, 0.2) is 0 Å². The average Bonchev–Trinajstić information content (AvgIpc) is 2.87. The molecule has 0 bridgehead atoms. The van der Waals surface area contributed by atoms with Gasteiger partial charge in [-0.1, -0.05) is 12.1 Å². The lowest BCUT2D eigenvalue weighted by molar-refractivity contribution is 0.141. The summed E-state index contributed by atoms with van der Waals surface area (Å²) in [7, 11) is 0. The Bertz CT molecular complexity index is 495. The number of hydrogen-bond donors (Lipinski definition) is 1. The Balaban J connectivity index is 2.26. The maximum atomic E-state index is 9.62. The zero-order valence-electron chi connectivity index (χ0n) is 9.55. The lowest BCUT2D eigenvalue weighted by Crippen LogP contribution is -2.13. The topological polar surface area (TPSA) is 59.2 Å². The van der Waals surface area contributed by atoms with E-state index in [0.29, 0.717) is 11.7 Å². The van der Waals surface area contributed by atoms with Crippen molar-refractivity contribution in [2.24, 2.45) is 0 Å². The Hall–Kier alpha value is -0.720. The highest BCUT2D eigenvalue weighted by molar-refractivity contribution is 9.11. The average molecular weight is 317 g/mol. The number of halogens is 1. The monoisotopic (exact) mass is 316 g/mol. The summed E-state index contributed by atoms with van der Waals surface area (Å²) in [5.74, 6) is 0.983. The summed E-state index contributed by atoms with van der Waals surface area (Å²) in [5, 5.41) is 13.6. The van der Waals surface area contributed by atoms with Crippen LogP contribution in [0.3, 0.4) is 0 Å². The lowest BCUT2D eigenvalue weighted by Gasteiger charge is -2.12. The van der Waals surface area contributed by atoms with Crippen molar-refractivity contribution in [3.63, 3.8) is 0 Å². The van der Waals surface area contributed by atoms with Crippen LogP contribution < -0.4 is 0 Å². The maximum Gasteiger partial charge on any atom is 0.232 e. The zero-order chi connectivity index (χ0) is 12.4. The van der Waals surface area contributed by atoms with Crippen molar-refractivity contribution in [1.82, 2.24) is 10.1 Å². The van der Waals surface area contributed by atoms with E-state index in [1.165, 1.54) is 0 Å². The maximum absolute atomic E-state index is 9.62. The Labute approximate surface area is 112 Å². The van der Waals surface area contributed by atoms with E-state index in [1.807, 2.05) is 19.1 Å². The number of aliphatic hydroxyl groups is 1. The molecular formula is C11H13BrN2O2S. The third-order valence-electron chi connectivity index (χ3n) is 2.57. The molecule has 2 rings (SSSR count). The molecule has 0 saturated heterocycles. The second-order valence-corrected chi connectivity index (χ2v) is 6.28. The van der Waals surface area contributed by atoms with E-state index in [1.54, 1.807) is 18.3 Å². The molecule has 0 aliphatic carbocycles. The number of rotatable bonds is 4. The largest absolute Gasteiger partial charge is 0.393 e. The fourth-order valence-electron chi connectivity index (χ4n) is 1.64. The highest BCUT2D eigenvalue weighted by Gasteiger charge is 2.22. The second kappa shape index (κ2) is 5.29. The summed E-state index contributed by atoms with van der Waals surface area (Å²) in [6.45, 7) is 3.72. The van der Waals surface area contributed by atoms with Gasteiger partial charge in [0.05, 0.1) is 20.7 Å². The second-order valence-electron chi connectivity index (χ2n) is 3.82. The van der Waals surface area contributed by atoms with E-state index in [4.69, 9.17) is 4.52 Å². The lowest BCUT2D eigenvalue weighted by atomic mass is 10.0. The number of aromatic nitrogens is 2. The van der Waals surface area contributed by atoms with E-state index in [0.717, 1.165) is 15.1 Å². The van der Waals surface area contributed by atoms with Crippen LogP contribution in [0.15, 0.2) is 20.4 Å². The first-order valence-corrected chi connectivity index (χ1v) is 7.00. The highest BCUT2D eigenvalue weighted by Crippen LogP contribution is 2.31. The summed E-state index contributed by atoms with van der Waals surface area (Å²) >= 11 is 4.95. The van der Waals surface area contributed by atoms with Gasteiger partial charge < -0.3 is 9.63 Å². The summed E-state index contributed by atoms with van der Waals surface area (Å²) in [5.41, 5.74) is 0. The van der Waals surface area contributed by atoms with Crippen LogP contribution in [0.4, 0.5) is 0 Å². The van der Waals surface area contributed by atoms with Crippen molar-refractivity contribution in [2.45, 2.75) is 32.3 Å². The van der Waals surface area contributed by atoms with Crippen LogP contribution in [-0.2, 0) is 0 Å². The molecule has 4 nitrogen and oxygen atoms in total. The number of hydrogen-bond acceptors (Lipinski definition) is 5. The zero-order valence-corrected chi connectivity index (χ0v) is 12.0. The molecule has 2 unspecified atom stereocenters. The van der Waals surface area contributed by atoms with Crippen LogP contribution in [0.5, 0.6) is 0 Å². The van der Waals surface area contributed by atoms with Gasteiger partial charge in [-0.15, -0.1) is 11.3 Å². The Morgan fingerprint density at radius 1 is 1.53 bits per heavy atom. The van der Waals surface area contributed by atoms with Crippen LogP contribution >= 0.6 is 27.3 Å². The first kappa shape index (κ1) is 12.7. The summed E-state index contributed by atoms with van der Waals surface area (Å²) in [6, 6.07) is 3.88. The van der Waals surface area contributed by atoms with E-state index in [9.17, 15) is 5.11 Å². The van der Waals surface area contributed by atoms with Crippen LogP contribution in [-0.4, -0.2) is 21.4 Å². The van der Waals surface area contributed by atoms with Gasteiger partial charge in [-0.3, -0.25) is 0 Å². The van der Waals surface area contributed by atoms with Crippen molar-refractivity contribution in [2.75, 3.05) is 0 Å². The minimum absolute atomic E-state index is 0.0975. The van der Waals surface area contributed by atoms with Crippen molar-refractivity contribution < 1.29 is 9.63 Å². The molecule has 0 aromatic carbocycles. The van der Waals surface area contributed by atoms with Crippen LogP contribution in [0.25, 0.3) is 10.7 Å². The summed E-state index contributed by atoms with van der Waals surface area (Å²) in [6.07, 6.45) is 0.288.